The van der Waals surface area contributed by atoms with E-state index in [-0.39, 0.29) is 11.3 Å². The molecule has 0 saturated carbocycles. The number of amides is 1. The molecule has 0 atom stereocenters. The van der Waals surface area contributed by atoms with E-state index in [0.29, 0.717) is 31.7 Å². The Kier molecular flexibility index (Phi) is 14.4. The van der Waals surface area contributed by atoms with E-state index in [1.54, 1.807) is 0 Å². The quantitative estimate of drug-likeness (QED) is 0.260. The second-order valence-electron chi connectivity index (χ2n) is 15.1. The van der Waals surface area contributed by atoms with Crippen molar-refractivity contribution in [2.45, 2.75) is 82.6 Å². The number of hydrogen-bond acceptors (Lipinski definition) is 8. The number of carbonyl (C=O) groups excluding carboxylic acids is 1. The maximum atomic E-state index is 13.1. The Morgan fingerprint density at radius 1 is 0.880 bits per heavy atom. The van der Waals surface area contributed by atoms with Gasteiger partial charge in [0.15, 0.2) is 0 Å². The third-order valence-corrected chi connectivity index (χ3v) is 11.6. The number of benzene rings is 2. The Morgan fingerprint density at radius 2 is 1.44 bits per heavy atom. The lowest BCUT2D eigenvalue weighted by atomic mass is 9.73. The molecule has 0 radical (unpaired) electrons. The lowest BCUT2D eigenvalue weighted by Gasteiger charge is -2.41. The summed E-state index contributed by atoms with van der Waals surface area (Å²) in [5.74, 6) is 2.73. The fourth-order valence-corrected chi connectivity index (χ4v) is 7.84. The summed E-state index contributed by atoms with van der Waals surface area (Å²) in [5.41, 5.74) is 8.11. The van der Waals surface area contributed by atoms with E-state index < -0.39 is 5.41 Å². The maximum Gasteiger partial charge on any atom is 0.233 e. The third-order valence-electron chi connectivity index (χ3n) is 11.6. The molecule has 50 heavy (non-hydrogen) atoms. The third kappa shape index (κ3) is 9.79. The van der Waals surface area contributed by atoms with Crippen LogP contribution in [0, 0.1) is 5.92 Å². The predicted molar refractivity (Wildman–Crippen MR) is 200 cm³/mol. The van der Waals surface area contributed by atoms with Gasteiger partial charge < -0.3 is 39.4 Å². The normalized spacial score (nSPS) is 20.8. The minimum absolute atomic E-state index is 0.0858. The Bertz CT molecular complexity index is 1280. The molecule has 4 fully saturated rings. The molecular weight excluding hydrogens is 628 g/mol. The molecular formula is C41H64N4O5. The topological polar surface area (TPSA) is 89.7 Å². The lowest BCUT2D eigenvalue weighted by molar-refractivity contribution is -0.139. The first-order chi connectivity index (χ1) is 24.3. The molecule has 4 heterocycles. The summed E-state index contributed by atoms with van der Waals surface area (Å²) in [6.07, 6.45) is 7.23. The highest BCUT2D eigenvalue weighted by atomic mass is 16.5. The van der Waals surface area contributed by atoms with Crippen LogP contribution < -0.4 is 15.2 Å². The number of likely N-dealkylation sites (N-methyl/N-ethyl adjacent to an activating group) is 1. The van der Waals surface area contributed by atoms with Gasteiger partial charge in [-0.25, -0.2) is 0 Å². The van der Waals surface area contributed by atoms with Crippen LogP contribution in [0.3, 0.4) is 0 Å². The van der Waals surface area contributed by atoms with Crippen molar-refractivity contribution in [1.82, 2.24) is 14.7 Å². The lowest BCUT2D eigenvalue weighted by Crippen LogP contribution is -2.52. The summed E-state index contributed by atoms with van der Waals surface area (Å²) in [6.45, 7) is 18.3. The van der Waals surface area contributed by atoms with Crippen LogP contribution in [0.4, 0.5) is 0 Å². The molecule has 0 unspecified atom stereocenters. The highest BCUT2D eigenvalue weighted by Gasteiger charge is 2.43. The molecule has 2 N–H and O–H groups in total. The van der Waals surface area contributed by atoms with Crippen LogP contribution in [-0.4, -0.2) is 119 Å². The van der Waals surface area contributed by atoms with Crippen LogP contribution in [0.1, 0.15) is 76.8 Å². The first-order valence-electron chi connectivity index (χ1n) is 19.3. The predicted octanol–water partition coefficient (Wildman–Crippen LogP) is 5.49. The van der Waals surface area contributed by atoms with Crippen LogP contribution in [0.25, 0.3) is 0 Å². The van der Waals surface area contributed by atoms with Crippen LogP contribution in [0.15, 0.2) is 48.5 Å². The number of nitrogens with zero attached hydrogens (tertiary/aromatic N) is 3. The summed E-state index contributed by atoms with van der Waals surface area (Å²) in [5, 5.41) is 0. The average Bonchev–Trinajstić information content (AvgIpc) is 3.67. The number of hydrogen-bond donors (Lipinski definition) is 1. The number of carbonyl (C=O) groups is 1. The molecule has 9 heteroatoms. The van der Waals surface area contributed by atoms with Gasteiger partial charge in [-0.3, -0.25) is 4.79 Å². The molecule has 0 spiro atoms. The Hall–Kier alpha value is -2.69. The van der Waals surface area contributed by atoms with Gasteiger partial charge in [0.05, 0.1) is 18.6 Å². The molecule has 2 aromatic rings. The minimum atomic E-state index is -0.461. The zero-order valence-electron chi connectivity index (χ0n) is 31.4. The molecule has 0 bridgehead atoms. The Morgan fingerprint density at radius 3 is 2.00 bits per heavy atom. The molecule has 9 nitrogen and oxygen atoms in total. The summed E-state index contributed by atoms with van der Waals surface area (Å²) < 4.78 is 22.9. The Balaban J connectivity index is 0.000000197. The molecule has 0 aliphatic carbocycles. The fraction of sp³-hybridized carbons (Fsp3) is 0.683. The Labute approximate surface area is 301 Å². The number of likely N-dealkylation sites (tertiary alicyclic amines) is 2. The van der Waals surface area contributed by atoms with Gasteiger partial charge in [-0.15, -0.1) is 0 Å². The van der Waals surface area contributed by atoms with Gasteiger partial charge in [-0.1, -0.05) is 24.3 Å². The van der Waals surface area contributed by atoms with Crippen LogP contribution in [0.5, 0.6) is 11.5 Å². The van der Waals surface area contributed by atoms with Gasteiger partial charge in [-0.2, -0.15) is 0 Å². The van der Waals surface area contributed by atoms with Crippen molar-refractivity contribution in [3.63, 3.8) is 0 Å². The van der Waals surface area contributed by atoms with E-state index >= 15 is 0 Å². The average molecular weight is 693 g/mol. The second kappa shape index (κ2) is 18.7. The summed E-state index contributed by atoms with van der Waals surface area (Å²) in [4.78, 5) is 19.9. The first-order valence-corrected chi connectivity index (χ1v) is 19.3. The molecule has 4 aliphatic rings. The van der Waals surface area contributed by atoms with Gasteiger partial charge in [0.25, 0.3) is 0 Å². The van der Waals surface area contributed by atoms with Crippen molar-refractivity contribution in [2.24, 2.45) is 11.7 Å². The second-order valence-corrected chi connectivity index (χ2v) is 15.1. The summed E-state index contributed by atoms with van der Waals surface area (Å²) in [6, 6.07) is 17.4. The monoisotopic (exact) mass is 692 g/mol. The van der Waals surface area contributed by atoms with E-state index in [9.17, 15) is 4.79 Å². The van der Waals surface area contributed by atoms with Gasteiger partial charge in [0.2, 0.25) is 5.91 Å². The van der Waals surface area contributed by atoms with Crippen LogP contribution in [-0.2, 0) is 25.1 Å². The van der Waals surface area contributed by atoms with Crippen molar-refractivity contribution in [3.8, 4) is 11.5 Å². The van der Waals surface area contributed by atoms with Gasteiger partial charge in [0, 0.05) is 83.6 Å². The number of nitrogens with two attached hydrogens (primary N) is 1. The maximum absolute atomic E-state index is 13.1. The van der Waals surface area contributed by atoms with Crippen molar-refractivity contribution in [3.05, 3.63) is 59.7 Å². The van der Waals surface area contributed by atoms with Crippen molar-refractivity contribution >= 4 is 5.91 Å². The SMILES string of the molecule is CC(C)N1CC(COc2ccc(C3(CN)CCOCC3)cc2)C1.CCN(C)C(=O)C1(c2ccc(OCCCN3CCCC3)cc2)CCOCC1. The molecule has 278 valence electrons. The molecule has 4 aliphatic heterocycles. The van der Waals surface area contributed by atoms with E-state index in [0.717, 1.165) is 102 Å². The highest BCUT2D eigenvalue weighted by Crippen LogP contribution is 2.38. The zero-order chi connectivity index (χ0) is 35.4. The smallest absolute Gasteiger partial charge is 0.233 e. The van der Waals surface area contributed by atoms with E-state index in [2.05, 4.69) is 60.0 Å². The molecule has 6 rings (SSSR count). The van der Waals surface area contributed by atoms with E-state index in [1.807, 2.05) is 31.0 Å². The largest absolute Gasteiger partial charge is 0.494 e. The minimum Gasteiger partial charge on any atom is -0.494 e. The summed E-state index contributed by atoms with van der Waals surface area (Å²) >= 11 is 0. The zero-order valence-corrected chi connectivity index (χ0v) is 31.4. The van der Waals surface area contributed by atoms with E-state index in [1.165, 1.54) is 31.5 Å². The highest BCUT2D eigenvalue weighted by molar-refractivity contribution is 5.88. The van der Waals surface area contributed by atoms with Crippen molar-refractivity contribution in [2.75, 3.05) is 92.5 Å². The van der Waals surface area contributed by atoms with Gasteiger partial charge in [-0.05, 0) is 114 Å². The first kappa shape index (κ1) is 38.5. The van der Waals surface area contributed by atoms with Gasteiger partial charge in [0.1, 0.15) is 11.5 Å². The number of ether oxygens (including phenoxy) is 4. The van der Waals surface area contributed by atoms with Gasteiger partial charge >= 0.3 is 0 Å². The standard InChI is InChI=1S/C22H34N2O3.C19H30N2O2/c1-3-23(2)21(25)22(11-17-26-18-12-22)19-7-9-20(10-8-19)27-16-6-15-24-13-4-5-14-24;1-15(2)21-11-16(12-21)13-23-18-5-3-17(4-6-18)19(14-20)7-9-22-10-8-19/h7-10H,3-6,11-18H2,1-2H3;3-6,15-16H,7-14,20H2,1-2H3. The van der Waals surface area contributed by atoms with E-state index in [4.69, 9.17) is 24.7 Å². The molecule has 1 amide bonds. The van der Waals surface area contributed by atoms with Crippen LogP contribution in [0.2, 0.25) is 0 Å². The van der Waals surface area contributed by atoms with Crippen molar-refractivity contribution < 1.29 is 23.7 Å². The van der Waals surface area contributed by atoms with Crippen molar-refractivity contribution in [1.29, 1.82) is 0 Å². The fourth-order valence-electron chi connectivity index (χ4n) is 7.84. The molecule has 2 aromatic carbocycles. The number of rotatable bonds is 14. The molecule has 0 aromatic heterocycles. The van der Waals surface area contributed by atoms with Crippen LogP contribution >= 0.6 is 0 Å². The molecule has 4 saturated heterocycles. The summed E-state index contributed by atoms with van der Waals surface area (Å²) in [7, 11) is 1.89.